The lowest BCUT2D eigenvalue weighted by Crippen LogP contribution is -2.24. The molecule has 16 heavy (non-hydrogen) atoms. The van der Waals surface area contributed by atoms with Crippen LogP contribution in [-0.4, -0.2) is 35.1 Å². The first-order valence-corrected chi connectivity index (χ1v) is 4.98. The van der Waals surface area contributed by atoms with Gasteiger partial charge in [0.2, 0.25) is 5.95 Å². The summed E-state index contributed by atoms with van der Waals surface area (Å²) in [5.74, 6) is -0.519. The maximum Gasteiger partial charge on any atom is 0.325 e. The SMILES string of the molecule is CCc1nc(N(C)C)ncc1C(N)C(=O)O. The Balaban J connectivity index is 3.16. The molecule has 1 heterocycles. The predicted octanol–water partition coefficient (Wildman–Crippen LogP) is 0.189. The summed E-state index contributed by atoms with van der Waals surface area (Å²) in [6, 6.07) is -1.06. The summed E-state index contributed by atoms with van der Waals surface area (Å²) in [5.41, 5.74) is 6.69. The number of carboxylic acids is 1. The second kappa shape index (κ2) is 4.89. The van der Waals surface area contributed by atoms with Gasteiger partial charge in [0.15, 0.2) is 0 Å². The van der Waals surface area contributed by atoms with Gasteiger partial charge in [-0.2, -0.15) is 0 Å². The first-order chi connectivity index (χ1) is 7.47. The first-order valence-electron chi connectivity index (χ1n) is 4.98. The summed E-state index contributed by atoms with van der Waals surface area (Å²) in [6.45, 7) is 1.90. The van der Waals surface area contributed by atoms with E-state index in [-0.39, 0.29) is 0 Å². The number of carboxylic acid groups (broad SMARTS) is 1. The molecule has 88 valence electrons. The summed E-state index contributed by atoms with van der Waals surface area (Å²) in [6.07, 6.45) is 2.11. The molecule has 0 spiro atoms. The second-order valence-electron chi connectivity index (χ2n) is 3.64. The van der Waals surface area contributed by atoms with Gasteiger partial charge < -0.3 is 15.7 Å². The molecule has 1 aromatic rings. The number of rotatable bonds is 4. The third-order valence-corrected chi connectivity index (χ3v) is 2.22. The highest BCUT2D eigenvalue weighted by Gasteiger charge is 2.19. The van der Waals surface area contributed by atoms with Crippen LogP contribution in [-0.2, 0) is 11.2 Å². The van der Waals surface area contributed by atoms with E-state index in [1.165, 1.54) is 6.20 Å². The van der Waals surface area contributed by atoms with E-state index in [9.17, 15) is 4.79 Å². The predicted molar refractivity (Wildman–Crippen MR) is 60.3 cm³/mol. The molecule has 0 radical (unpaired) electrons. The van der Waals surface area contributed by atoms with Gasteiger partial charge in [0, 0.05) is 25.9 Å². The largest absolute Gasteiger partial charge is 0.480 e. The Bertz CT molecular complexity index is 392. The van der Waals surface area contributed by atoms with Gasteiger partial charge in [-0.25, -0.2) is 9.97 Å². The Kier molecular flexibility index (Phi) is 3.78. The minimum atomic E-state index is -1.07. The first kappa shape index (κ1) is 12.4. The zero-order chi connectivity index (χ0) is 12.3. The maximum atomic E-state index is 10.8. The lowest BCUT2D eigenvalue weighted by atomic mass is 10.1. The quantitative estimate of drug-likeness (QED) is 0.758. The minimum Gasteiger partial charge on any atom is -0.480 e. The van der Waals surface area contributed by atoms with Crippen molar-refractivity contribution in [3.05, 3.63) is 17.5 Å². The van der Waals surface area contributed by atoms with Gasteiger partial charge in [0.25, 0.3) is 0 Å². The van der Waals surface area contributed by atoms with Crippen molar-refractivity contribution in [2.24, 2.45) is 5.73 Å². The van der Waals surface area contributed by atoms with Crippen molar-refractivity contribution < 1.29 is 9.90 Å². The number of nitrogens with zero attached hydrogens (tertiary/aromatic N) is 3. The minimum absolute atomic E-state index is 0.473. The van der Waals surface area contributed by atoms with E-state index in [0.717, 1.165) is 0 Å². The molecule has 0 aliphatic rings. The van der Waals surface area contributed by atoms with Gasteiger partial charge in [-0.3, -0.25) is 4.79 Å². The number of carbonyl (C=O) groups is 1. The molecule has 0 aliphatic heterocycles. The number of hydrogen-bond donors (Lipinski definition) is 2. The van der Waals surface area contributed by atoms with E-state index in [2.05, 4.69) is 9.97 Å². The summed E-state index contributed by atoms with van der Waals surface area (Å²) in [5, 5.41) is 8.84. The molecule has 0 aromatic carbocycles. The lowest BCUT2D eigenvalue weighted by Gasteiger charge is -2.15. The third-order valence-electron chi connectivity index (χ3n) is 2.22. The van der Waals surface area contributed by atoms with Crippen LogP contribution in [0.3, 0.4) is 0 Å². The van der Waals surface area contributed by atoms with Crippen LogP contribution in [0.2, 0.25) is 0 Å². The van der Waals surface area contributed by atoms with Crippen molar-refractivity contribution in [2.75, 3.05) is 19.0 Å². The molecule has 1 atom stereocenters. The molecule has 6 heteroatoms. The van der Waals surface area contributed by atoms with Gasteiger partial charge in [-0.15, -0.1) is 0 Å². The van der Waals surface area contributed by atoms with Gasteiger partial charge in [0.1, 0.15) is 6.04 Å². The monoisotopic (exact) mass is 224 g/mol. The number of anilines is 1. The van der Waals surface area contributed by atoms with Crippen molar-refractivity contribution in [3.8, 4) is 0 Å². The Morgan fingerprint density at radius 2 is 2.25 bits per heavy atom. The fourth-order valence-electron chi connectivity index (χ4n) is 1.31. The fourth-order valence-corrected chi connectivity index (χ4v) is 1.31. The third kappa shape index (κ3) is 2.46. The molecule has 3 N–H and O–H groups in total. The van der Waals surface area contributed by atoms with Crippen LogP contribution in [0.5, 0.6) is 0 Å². The maximum absolute atomic E-state index is 10.8. The Labute approximate surface area is 94.1 Å². The summed E-state index contributed by atoms with van der Waals surface area (Å²) < 4.78 is 0. The van der Waals surface area contributed by atoms with Crippen LogP contribution in [0.25, 0.3) is 0 Å². The topological polar surface area (TPSA) is 92.3 Å². The van der Waals surface area contributed by atoms with Crippen molar-refractivity contribution in [1.82, 2.24) is 9.97 Å². The van der Waals surface area contributed by atoms with Gasteiger partial charge in [0.05, 0.1) is 5.69 Å². The number of aliphatic carboxylic acids is 1. The number of hydrogen-bond acceptors (Lipinski definition) is 5. The molecule has 1 rings (SSSR count). The van der Waals surface area contributed by atoms with E-state index < -0.39 is 12.0 Å². The van der Waals surface area contributed by atoms with Crippen LogP contribution in [0.1, 0.15) is 24.2 Å². The fraction of sp³-hybridized carbons (Fsp3) is 0.500. The number of aryl methyl sites for hydroxylation is 1. The molecule has 0 bridgehead atoms. The smallest absolute Gasteiger partial charge is 0.325 e. The highest BCUT2D eigenvalue weighted by Crippen LogP contribution is 2.16. The van der Waals surface area contributed by atoms with Crippen molar-refractivity contribution in [3.63, 3.8) is 0 Å². The second-order valence-corrected chi connectivity index (χ2v) is 3.64. The molecule has 1 aromatic heterocycles. The van der Waals surface area contributed by atoms with E-state index >= 15 is 0 Å². The molecule has 0 fully saturated rings. The van der Waals surface area contributed by atoms with Crippen LogP contribution < -0.4 is 10.6 Å². The summed E-state index contributed by atoms with van der Waals surface area (Å²) in [4.78, 5) is 20.9. The van der Waals surface area contributed by atoms with Gasteiger partial charge in [-0.1, -0.05) is 6.92 Å². The Hall–Kier alpha value is -1.69. The zero-order valence-corrected chi connectivity index (χ0v) is 9.64. The molecule has 0 saturated heterocycles. The average Bonchev–Trinajstić information content (AvgIpc) is 2.26. The molecule has 6 nitrogen and oxygen atoms in total. The summed E-state index contributed by atoms with van der Waals surface area (Å²) >= 11 is 0. The van der Waals surface area contributed by atoms with E-state index in [1.807, 2.05) is 21.0 Å². The lowest BCUT2D eigenvalue weighted by molar-refractivity contribution is -0.138. The Morgan fingerprint density at radius 1 is 1.62 bits per heavy atom. The number of aromatic nitrogens is 2. The van der Waals surface area contributed by atoms with E-state index in [1.54, 1.807) is 4.90 Å². The molecular formula is C10H16N4O2. The average molecular weight is 224 g/mol. The van der Waals surface area contributed by atoms with Crippen molar-refractivity contribution >= 4 is 11.9 Å². The molecule has 0 aliphatic carbocycles. The highest BCUT2D eigenvalue weighted by molar-refractivity contribution is 5.75. The van der Waals surface area contributed by atoms with E-state index in [4.69, 9.17) is 10.8 Å². The van der Waals surface area contributed by atoms with Crippen LogP contribution in [0, 0.1) is 0 Å². The summed E-state index contributed by atoms with van der Waals surface area (Å²) in [7, 11) is 3.65. The number of nitrogens with two attached hydrogens (primary N) is 1. The van der Waals surface area contributed by atoms with Crippen molar-refractivity contribution in [1.29, 1.82) is 0 Å². The van der Waals surface area contributed by atoms with E-state index in [0.29, 0.717) is 23.6 Å². The zero-order valence-electron chi connectivity index (χ0n) is 9.64. The van der Waals surface area contributed by atoms with Gasteiger partial charge >= 0.3 is 5.97 Å². The molecule has 0 saturated carbocycles. The van der Waals surface area contributed by atoms with Crippen LogP contribution in [0.4, 0.5) is 5.95 Å². The standard InChI is InChI=1S/C10H16N4O2/c1-4-7-6(8(11)9(15)16)5-12-10(13-7)14(2)3/h5,8H,4,11H2,1-3H3,(H,15,16). The normalized spacial score (nSPS) is 12.2. The van der Waals surface area contributed by atoms with Crippen LogP contribution in [0.15, 0.2) is 6.20 Å². The highest BCUT2D eigenvalue weighted by atomic mass is 16.4. The molecular weight excluding hydrogens is 208 g/mol. The van der Waals surface area contributed by atoms with Crippen LogP contribution >= 0.6 is 0 Å². The molecule has 0 amide bonds. The Morgan fingerprint density at radius 3 is 2.69 bits per heavy atom. The molecule has 1 unspecified atom stereocenters. The van der Waals surface area contributed by atoms with Crippen molar-refractivity contribution in [2.45, 2.75) is 19.4 Å². The van der Waals surface area contributed by atoms with Gasteiger partial charge in [-0.05, 0) is 6.42 Å².